The molecule has 0 spiro atoms. The lowest BCUT2D eigenvalue weighted by Gasteiger charge is -2.14. The molecular formula is C26H23N5O3. The van der Waals surface area contributed by atoms with E-state index in [-0.39, 0.29) is 5.57 Å². The minimum atomic E-state index is -1.18. The average molecular weight is 454 g/mol. The maximum atomic E-state index is 11.3. The lowest BCUT2D eigenvalue weighted by Crippen LogP contribution is -2.18. The van der Waals surface area contributed by atoms with Gasteiger partial charge in [0.1, 0.15) is 35.6 Å². The summed E-state index contributed by atoms with van der Waals surface area (Å²) in [5.41, 5.74) is 7.12. The van der Waals surface area contributed by atoms with Crippen molar-refractivity contribution in [1.29, 1.82) is 0 Å². The topological polar surface area (TPSA) is 122 Å². The van der Waals surface area contributed by atoms with E-state index in [9.17, 15) is 9.90 Å². The fourth-order valence-corrected chi connectivity index (χ4v) is 3.14. The van der Waals surface area contributed by atoms with E-state index in [1.807, 2.05) is 60.7 Å². The molecule has 34 heavy (non-hydrogen) atoms. The summed E-state index contributed by atoms with van der Waals surface area (Å²) in [6.07, 6.45) is 0.251. The third kappa shape index (κ3) is 5.76. The molecule has 4 rings (SSSR count). The van der Waals surface area contributed by atoms with Gasteiger partial charge in [-0.2, -0.15) is 0 Å². The number of hydrogen-bond acceptors (Lipinski definition) is 7. The first kappa shape index (κ1) is 22.5. The van der Waals surface area contributed by atoms with Gasteiger partial charge in [-0.05, 0) is 54.1 Å². The third-order valence-electron chi connectivity index (χ3n) is 4.89. The molecule has 0 fully saturated rings. The molecule has 0 bridgehead atoms. The average Bonchev–Trinajstić information content (AvgIpc) is 2.85. The van der Waals surface area contributed by atoms with Gasteiger partial charge in [-0.1, -0.05) is 36.9 Å². The summed E-state index contributed by atoms with van der Waals surface area (Å²) in [5, 5.41) is 16.7. The number of aromatic nitrogens is 2. The van der Waals surface area contributed by atoms with E-state index in [4.69, 9.17) is 10.5 Å². The molecule has 0 saturated heterocycles. The van der Waals surface area contributed by atoms with Gasteiger partial charge in [0, 0.05) is 23.0 Å². The van der Waals surface area contributed by atoms with Crippen molar-refractivity contribution >= 4 is 28.9 Å². The van der Waals surface area contributed by atoms with Gasteiger partial charge in [0.25, 0.3) is 0 Å². The molecule has 1 atom stereocenters. The van der Waals surface area contributed by atoms with E-state index in [0.29, 0.717) is 22.9 Å². The summed E-state index contributed by atoms with van der Waals surface area (Å²) < 4.78 is 5.81. The molecule has 0 aliphatic rings. The number of anilines is 4. The van der Waals surface area contributed by atoms with Crippen LogP contribution in [0.4, 0.5) is 23.0 Å². The number of hydrogen-bond donors (Lipinski definition) is 4. The fraction of sp³-hybridized carbons (Fsp3) is 0.0385. The number of nitrogens with zero attached hydrogens (tertiary/aromatic N) is 2. The predicted octanol–water partition coefficient (Wildman–Crippen LogP) is 4.83. The zero-order valence-electron chi connectivity index (χ0n) is 18.2. The van der Waals surface area contributed by atoms with Crippen molar-refractivity contribution in [3.05, 3.63) is 109 Å². The summed E-state index contributed by atoms with van der Waals surface area (Å²) in [5.74, 6) is 1.87. The number of nitrogens with one attached hydrogen (secondary N) is 2. The summed E-state index contributed by atoms with van der Waals surface area (Å²) in [4.78, 5) is 19.8. The van der Waals surface area contributed by atoms with E-state index in [0.717, 1.165) is 17.2 Å². The Bertz CT molecular complexity index is 1290. The predicted molar refractivity (Wildman–Crippen MR) is 131 cm³/mol. The van der Waals surface area contributed by atoms with Crippen molar-refractivity contribution < 1.29 is 14.6 Å². The number of ether oxygens (including phenoxy) is 1. The Morgan fingerprint density at radius 3 is 2.18 bits per heavy atom. The number of aliphatic hydroxyl groups is 1. The number of rotatable bonds is 9. The van der Waals surface area contributed by atoms with Gasteiger partial charge in [0.15, 0.2) is 0 Å². The van der Waals surface area contributed by atoms with Crippen LogP contribution >= 0.6 is 0 Å². The van der Waals surface area contributed by atoms with Crippen molar-refractivity contribution in [1.82, 2.24) is 9.97 Å². The van der Waals surface area contributed by atoms with E-state index < -0.39 is 12.0 Å². The summed E-state index contributed by atoms with van der Waals surface area (Å²) >= 11 is 0. The van der Waals surface area contributed by atoms with Crippen LogP contribution in [0, 0.1) is 0 Å². The Balaban J connectivity index is 1.42. The van der Waals surface area contributed by atoms with E-state index in [2.05, 4.69) is 27.2 Å². The molecule has 1 amide bonds. The minimum Gasteiger partial charge on any atom is -0.457 e. The van der Waals surface area contributed by atoms with Gasteiger partial charge >= 0.3 is 0 Å². The number of carbonyl (C=O) groups excluding carboxylic acids is 1. The fourth-order valence-electron chi connectivity index (χ4n) is 3.14. The van der Waals surface area contributed by atoms with Gasteiger partial charge in [-0.25, -0.2) is 9.97 Å². The second-order valence-electron chi connectivity index (χ2n) is 7.40. The van der Waals surface area contributed by atoms with Crippen molar-refractivity contribution in [3.63, 3.8) is 0 Å². The molecule has 5 N–H and O–H groups in total. The van der Waals surface area contributed by atoms with Crippen LogP contribution in [-0.2, 0) is 4.79 Å². The number of carbonyl (C=O) groups is 1. The zero-order valence-corrected chi connectivity index (χ0v) is 18.2. The molecule has 170 valence electrons. The van der Waals surface area contributed by atoms with Crippen LogP contribution in [0.2, 0.25) is 0 Å². The molecular weight excluding hydrogens is 430 g/mol. The van der Waals surface area contributed by atoms with Crippen LogP contribution in [0.5, 0.6) is 11.5 Å². The maximum absolute atomic E-state index is 11.3. The maximum Gasteiger partial charge on any atom is 0.247 e. The molecule has 0 saturated carbocycles. The number of para-hydroxylation sites is 1. The lowest BCUT2D eigenvalue weighted by atomic mass is 10.0. The second kappa shape index (κ2) is 10.3. The van der Waals surface area contributed by atoms with Crippen molar-refractivity contribution in [2.45, 2.75) is 6.10 Å². The zero-order chi connectivity index (χ0) is 23.9. The normalized spacial score (nSPS) is 11.3. The molecule has 0 aliphatic heterocycles. The number of benzene rings is 3. The highest BCUT2D eigenvalue weighted by Gasteiger charge is 2.16. The van der Waals surface area contributed by atoms with Gasteiger partial charge in [0.2, 0.25) is 5.91 Å². The number of aliphatic hydroxyl groups excluding tert-OH is 1. The van der Waals surface area contributed by atoms with Crippen LogP contribution in [0.15, 0.2) is 103 Å². The largest absolute Gasteiger partial charge is 0.457 e. The Kier molecular flexibility index (Phi) is 6.81. The number of primary amides is 1. The van der Waals surface area contributed by atoms with E-state index >= 15 is 0 Å². The molecule has 8 nitrogen and oxygen atoms in total. The van der Waals surface area contributed by atoms with E-state index in [1.54, 1.807) is 24.3 Å². The van der Waals surface area contributed by atoms with Crippen LogP contribution in [0.3, 0.4) is 0 Å². The molecule has 3 aromatic carbocycles. The highest BCUT2D eigenvalue weighted by atomic mass is 16.5. The van der Waals surface area contributed by atoms with Gasteiger partial charge < -0.3 is 26.2 Å². The summed E-state index contributed by atoms with van der Waals surface area (Å²) in [6.45, 7) is 3.54. The van der Waals surface area contributed by atoms with Crippen molar-refractivity contribution in [2.24, 2.45) is 5.73 Å². The SMILES string of the molecule is C=C(C(N)=O)C(O)c1cccc(Nc2cc(Nc3ccc(Oc4ccccc4)cc3)ncn2)c1. The first-order valence-electron chi connectivity index (χ1n) is 10.4. The Labute approximate surface area is 196 Å². The second-order valence-corrected chi connectivity index (χ2v) is 7.40. The van der Waals surface area contributed by atoms with Crippen LogP contribution in [0.25, 0.3) is 0 Å². The monoisotopic (exact) mass is 453 g/mol. The summed E-state index contributed by atoms with van der Waals surface area (Å²) in [7, 11) is 0. The molecule has 4 aromatic rings. The molecule has 0 aliphatic carbocycles. The van der Waals surface area contributed by atoms with Crippen LogP contribution in [-0.4, -0.2) is 21.0 Å². The Morgan fingerprint density at radius 2 is 1.50 bits per heavy atom. The molecule has 1 heterocycles. The minimum absolute atomic E-state index is 0.0779. The van der Waals surface area contributed by atoms with Gasteiger partial charge in [0.05, 0.1) is 0 Å². The van der Waals surface area contributed by atoms with Gasteiger partial charge in [-0.3, -0.25) is 4.79 Å². The summed E-state index contributed by atoms with van der Waals surface area (Å²) in [6, 6.07) is 25.8. The molecule has 8 heteroatoms. The lowest BCUT2D eigenvalue weighted by molar-refractivity contribution is -0.115. The first-order chi connectivity index (χ1) is 16.5. The third-order valence-corrected chi connectivity index (χ3v) is 4.89. The molecule has 1 unspecified atom stereocenters. The van der Waals surface area contributed by atoms with Gasteiger partial charge in [-0.15, -0.1) is 0 Å². The standard InChI is InChI=1S/C26H23N5O3/c1-17(26(27)33)25(32)18-6-5-7-20(14-18)31-24-15-23(28-16-29-24)30-19-10-12-22(13-11-19)34-21-8-3-2-4-9-21/h2-16,25,32H,1H2,(H2,27,33)(H2,28,29,30,31). The van der Waals surface area contributed by atoms with Crippen molar-refractivity contribution in [3.8, 4) is 11.5 Å². The van der Waals surface area contributed by atoms with Crippen molar-refractivity contribution in [2.75, 3.05) is 10.6 Å². The highest BCUT2D eigenvalue weighted by molar-refractivity contribution is 5.92. The first-order valence-corrected chi connectivity index (χ1v) is 10.4. The van der Waals surface area contributed by atoms with Crippen LogP contribution in [0.1, 0.15) is 11.7 Å². The van der Waals surface area contributed by atoms with E-state index in [1.165, 1.54) is 6.33 Å². The highest BCUT2D eigenvalue weighted by Crippen LogP contribution is 2.26. The molecule has 1 aromatic heterocycles. The Hall–Kier alpha value is -4.69. The smallest absolute Gasteiger partial charge is 0.247 e. The number of amides is 1. The number of nitrogens with two attached hydrogens (primary N) is 1. The van der Waals surface area contributed by atoms with Crippen LogP contribution < -0.4 is 21.1 Å². The quantitative estimate of drug-likeness (QED) is 0.268. The Morgan fingerprint density at radius 1 is 0.853 bits per heavy atom. The molecule has 0 radical (unpaired) electrons.